The number of hydrogen-bond donors (Lipinski definition) is 4. The fourth-order valence-corrected chi connectivity index (χ4v) is 4.58. The SMILES string of the molecule is Nc1ncc(-c2cccc(C(=O)NCc3ccccc3)c2)nc1C(=O)NCCCNS(=O)(=O)c1ccccn1. The molecule has 4 aromatic rings. The lowest BCUT2D eigenvalue weighted by molar-refractivity contribution is 0.0941. The third kappa shape index (κ3) is 7.43. The minimum Gasteiger partial charge on any atom is -0.382 e. The van der Waals surface area contributed by atoms with Crippen LogP contribution in [0.25, 0.3) is 11.3 Å². The number of carbonyl (C=O) groups excluding carboxylic acids is 2. The van der Waals surface area contributed by atoms with Gasteiger partial charge in [0.15, 0.2) is 16.5 Å². The molecular weight excluding hydrogens is 518 g/mol. The molecule has 5 N–H and O–H groups in total. The molecule has 0 saturated carbocycles. The number of aromatic nitrogens is 3. The molecule has 0 aliphatic rings. The van der Waals surface area contributed by atoms with Crippen LogP contribution in [0.2, 0.25) is 0 Å². The predicted octanol–water partition coefficient (Wildman–Crippen LogP) is 2.15. The number of nitrogens with one attached hydrogen (secondary N) is 3. The van der Waals surface area contributed by atoms with Gasteiger partial charge in [-0.15, -0.1) is 0 Å². The van der Waals surface area contributed by atoms with Crippen LogP contribution in [0.15, 0.2) is 90.2 Å². The summed E-state index contributed by atoms with van der Waals surface area (Å²) in [5, 5.41) is 5.47. The maximum absolute atomic E-state index is 12.7. The van der Waals surface area contributed by atoms with Crippen molar-refractivity contribution < 1.29 is 18.0 Å². The van der Waals surface area contributed by atoms with Crippen molar-refractivity contribution in [3.63, 3.8) is 0 Å². The first-order valence-electron chi connectivity index (χ1n) is 12.1. The lowest BCUT2D eigenvalue weighted by atomic mass is 10.1. The quantitative estimate of drug-likeness (QED) is 0.208. The molecular formula is C27H27N7O4S. The molecule has 0 saturated heterocycles. The lowest BCUT2D eigenvalue weighted by Crippen LogP contribution is -2.31. The van der Waals surface area contributed by atoms with Crippen molar-refractivity contribution in [2.75, 3.05) is 18.8 Å². The van der Waals surface area contributed by atoms with E-state index in [2.05, 4.69) is 30.3 Å². The van der Waals surface area contributed by atoms with Crippen LogP contribution in [0.5, 0.6) is 0 Å². The van der Waals surface area contributed by atoms with E-state index in [9.17, 15) is 18.0 Å². The summed E-state index contributed by atoms with van der Waals surface area (Å²) in [5.74, 6) is -0.851. The molecule has 0 atom stereocenters. The zero-order chi connectivity index (χ0) is 27.7. The number of benzene rings is 2. The highest BCUT2D eigenvalue weighted by atomic mass is 32.2. The maximum Gasteiger partial charge on any atom is 0.273 e. The maximum atomic E-state index is 12.7. The Balaban J connectivity index is 1.34. The van der Waals surface area contributed by atoms with E-state index in [-0.39, 0.29) is 35.5 Å². The smallest absolute Gasteiger partial charge is 0.273 e. The zero-order valence-corrected chi connectivity index (χ0v) is 21.7. The Morgan fingerprint density at radius 1 is 0.846 bits per heavy atom. The minimum atomic E-state index is -3.73. The van der Waals surface area contributed by atoms with Gasteiger partial charge in [-0.2, -0.15) is 0 Å². The second-order valence-electron chi connectivity index (χ2n) is 8.41. The molecule has 11 nitrogen and oxygen atoms in total. The molecule has 0 fully saturated rings. The number of anilines is 1. The second-order valence-corrected chi connectivity index (χ2v) is 10.1. The van der Waals surface area contributed by atoms with Gasteiger partial charge in [0.05, 0.1) is 11.9 Å². The number of amides is 2. The zero-order valence-electron chi connectivity index (χ0n) is 20.9. The minimum absolute atomic E-state index is 0.0520. The van der Waals surface area contributed by atoms with E-state index in [0.717, 1.165) is 5.56 Å². The predicted molar refractivity (Wildman–Crippen MR) is 146 cm³/mol. The Bertz CT molecular complexity index is 1550. The molecule has 4 rings (SSSR count). The molecule has 2 amide bonds. The first kappa shape index (κ1) is 27.4. The highest BCUT2D eigenvalue weighted by Crippen LogP contribution is 2.20. The van der Waals surface area contributed by atoms with Crippen molar-refractivity contribution in [1.29, 1.82) is 0 Å². The summed E-state index contributed by atoms with van der Waals surface area (Å²) in [6.07, 6.45) is 3.15. The van der Waals surface area contributed by atoms with Gasteiger partial charge in [-0.3, -0.25) is 9.59 Å². The van der Waals surface area contributed by atoms with Crippen LogP contribution in [0.3, 0.4) is 0 Å². The molecule has 200 valence electrons. The Hall–Kier alpha value is -4.68. The Labute approximate surface area is 226 Å². The van der Waals surface area contributed by atoms with Crippen molar-refractivity contribution >= 4 is 27.7 Å². The van der Waals surface area contributed by atoms with Crippen molar-refractivity contribution in [3.05, 3.63) is 102 Å². The monoisotopic (exact) mass is 545 g/mol. The number of pyridine rings is 1. The third-order valence-corrected chi connectivity index (χ3v) is 6.95. The number of nitrogen functional groups attached to an aromatic ring is 1. The van der Waals surface area contributed by atoms with E-state index in [0.29, 0.717) is 29.8 Å². The fraction of sp³-hybridized carbons (Fsp3) is 0.148. The molecule has 2 aromatic heterocycles. The van der Waals surface area contributed by atoms with E-state index in [1.807, 2.05) is 30.3 Å². The molecule has 0 aliphatic carbocycles. The topological polar surface area (TPSA) is 169 Å². The molecule has 0 aliphatic heterocycles. The van der Waals surface area contributed by atoms with Gasteiger partial charge in [-0.25, -0.2) is 28.1 Å². The van der Waals surface area contributed by atoms with Gasteiger partial charge >= 0.3 is 0 Å². The lowest BCUT2D eigenvalue weighted by Gasteiger charge is -2.10. The third-order valence-electron chi connectivity index (χ3n) is 5.58. The number of sulfonamides is 1. The summed E-state index contributed by atoms with van der Waals surface area (Å²) >= 11 is 0. The van der Waals surface area contributed by atoms with Gasteiger partial charge in [0.1, 0.15) is 0 Å². The Morgan fingerprint density at radius 3 is 2.41 bits per heavy atom. The van der Waals surface area contributed by atoms with Gasteiger partial charge in [-0.05, 0) is 36.2 Å². The largest absolute Gasteiger partial charge is 0.382 e. The number of carbonyl (C=O) groups is 2. The molecule has 2 heterocycles. The van der Waals surface area contributed by atoms with Gasteiger partial charge in [-0.1, -0.05) is 48.5 Å². The van der Waals surface area contributed by atoms with E-state index in [4.69, 9.17) is 5.73 Å². The molecule has 2 aromatic carbocycles. The second kappa shape index (κ2) is 12.7. The van der Waals surface area contributed by atoms with Crippen molar-refractivity contribution in [2.45, 2.75) is 18.0 Å². The van der Waals surface area contributed by atoms with Crippen LogP contribution in [0.4, 0.5) is 5.82 Å². The van der Waals surface area contributed by atoms with Crippen LogP contribution in [0.1, 0.15) is 32.8 Å². The Morgan fingerprint density at radius 2 is 1.64 bits per heavy atom. The average molecular weight is 546 g/mol. The Kier molecular flexibility index (Phi) is 8.92. The van der Waals surface area contributed by atoms with Crippen LogP contribution in [-0.4, -0.2) is 48.3 Å². The van der Waals surface area contributed by atoms with E-state index >= 15 is 0 Å². The first-order valence-corrected chi connectivity index (χ1v) is 13.6. The summed E-state index contributed by atoms with van der Waals surface area (Å²) < 4.78 is 26.9. The molecule has 0 radical (unpaired) electrons. The van der Waals surface area contributed by atoms with Crippen molar-refractivity contribution in [2.24, 2.45) is 0 Å². The van der Waals surface area contributed by atoms with Gasteiger partial charge in [0.25, 0.3) is 21.8 Å². The number of nitrogens with zero attached hydrogens (tertiary/aromatic N) is 3. The summed E-state index contributed by atoms with van der Waals surface area (Å²) in [6.45, 7) is 0.659. The van der Waals surface area contributed by atoms with Gasteiger partial charge in [0.2, 0.25) is 0 Å². The van der Waals surface area contributed by atoms with Gasteiger partial charge < -0.3 is 16.4 Å². The van der Waals surface area contributed by atoms with E-state index in [1.165, 1.54) is 18.5 Å². The standard InChI is InChI=1S/C27H27N7O4S/c28-25-24(27(36)30-14-7-15-33-39(37,38)23-12-4-5-13-29-23)34-22(18-31-25)20-10-6-11-21(16-20)26(35)32-17-19-8-2-1-3-9-19/h1-6,8-13,16,18,33H,7,14-15,17H2,(H2,28,31)(H,30,36)(H,32,35). The summed E-state index contributed by atoms with van der Waals surface area (Å²) in [5.41, 5.74) is 8.20. The summed E-state index contributed by atoms with van der Waals surface area (Å²) in [6, 6.07) is 21.0. The molecule has 0 bridgehead atoms. The van der Waals surface area contributed by atoms with Crippen LogP contribution in [-0.2, 0) is 16.6 Å². The van der Waals surface area contributed by atoms with Gasteiger partial charge in [0, 0.05) is 37.0 Å². The van der Waals surface area contributed by atoms with Crippen molar-refractivity contribution in [3.8, 4) is 11.3 Å². The fourth-order valence-electron chi connectivity index (χ4n) is 3.57. The first-order chi connectivity index (χ1) is 18.8. The average Bonchev–Trinajstić information content (AvgIpc) is 2.97. The number of hydrogen-bond acceptors (Lipinski definition) is 8. The van der Waals surface area contributed by atoms with Crippen LogP contribution < -0.4 is 21.1 Å². The molecule has 0 spiro atoms. The summed E-state index contributed by atoms with van der Waals surface area (Å²) in [7, 11) is -3.73. The summed E-state index contributed by atoms with van der Waals surface area (Å²) in [4.78, 5) is 37.7. The highest BCUT2D eigenvalue weighted by molar-refractivity contribution is 7.89. The molecule has 0 unspecified atom stereocenters. The highest BCUT2D eigenvalue weighted by Gasteiger charge is 2.17. The normalized spacial score (nSPS) is 11.1. The van der Waals surface area contributed by atoms with Crippen LogP contribution in [0, 0.1) is 0 Å². The number of rotatable bonds is 11. The van der Waals surface area contributed by atoms with E-state index in [1.54, 1.807) is 36.4 Å². The van der Waals surface area contributed by atoms with E-state index < -0.39 is 15.9 Å². The van der Waals surface area contributed by atoms with Crippen LogP contribution >= 0.6 is 0 Å². The molecule has 39 heavy (non-hydrogen) atoms. The number of nitrogens with two attached hydrogens (primary N) is 1. The molecule has 12 heteroatoms. The van der Waals surface area contributed by atoms with Crippen molar-refractivity contribution in [1.82, 2.24) is 30.3 Å².